The smallest absolute Gasteiger partial charge is 0.247 e. The van der Waals surface area contributed by atoms with Gasteiger partial charge in [-0.05, 0) is 65.1 Å². The molecular formula is C35H38N2O6. The summed E-state index contributed by atoms with van der Waals surface area (Å²) in [5, 5.41) is 3.07. The molecule has 4 rings (SSSR count). The molecule has 0 spiro atoms. The maximum Gasteiger partial charge on any atom is 0.247 e. The molecule has 8 nitrogen and oxygen atoms in total. The van der Waals surface area contributed by atoms with E-state index in [1.165, 1.54) is 0 Å². The topological polar surface area (TPSA) is 86.3 Å². The molecule has 43 heavy (non-hydrogen) atoms. The van der Waals surface area contributed by atoms with Crippen molar-refractivity contribution in [1.29, 1.82) is 0 Å². The molecule has 0 saturated carbocycles. The molecule has 0 radical (unpaired) electrons. The van der Waals surface area contributed by atoms with Gasteiger partial charge in [-0.3, -0.25) is 9.59 Å². The van der Waals surface area contributed by atoms with Crippen molar-refractivity contribution >= 4 is 11.8 Å². The molecule has 0 aliphatic rings. The highest BCUT2D eigenvalue weighted by atomic mass is 16.5. The number of ether oxygens (including phenoxy) is 4. The largest absolute Gasteiger partial charge is 0.497 e. The Bertz CT molecular complexity index is 1470. The van der Waals surface area contributed by atoms with E-state index >= 15 is 0 Å². The molecule has 1 unspecified atom stereocenters. The van der Waals surface area contributed by atoms with Crippen molar-refractivity contribution in [1.82, 2.24) is 10.2 Å². The Morgan fingerprint density at radius 2 is 1.26 bits per heavy atom. The van der Waals surface area contributed by atoms with E-state index in [1.807, 2.05) is 84.9 Å². The summed E-state index contributed by atoms with van der Waals surface area (Å²) in [5.74, 6) is 2.13. The van der Waals surface area contributed by atoms with E-state index in [-0.39, 0.29) is 24.8 Å². The van der Waals surface area contributed by atoms with E-state index in [1.54, 1.807) is 45.5 Å². The fourth-order valence-electron chi connectivity index (χ4n) is 4.84. The first-order valence-corrected chi connectivity index (χ1v) is 14.0. The van der Waals surface area contributed by atoms with Crippen LogP contribution in [0.5, 0.6) is 23.0 Å². The molecule has 4 aromatic rings. The molecule has 0 aromatic heterocycles. The fraction of sp³-hybridized carbons (Fsp3) is 0.257. The zero-order valence-electron chi connectivity index (χ0n) is 25.0. The Hall–Kier alpha value is -4.98. The van der Waals surface area contributed by atoms with E-state index < -0.39 is 6.04 Å². The van der Waals surface area contributed by atoms with E-state index in [4.69, 9.17) is 18.9 Å². The van der Waals surface area contributed by atoms with Crippen LogP contribution in [0.3, 0.4) is 0 Å². The molecule has 0 aliphatic carbocycles. The molecule has 0 saturated heterocycles. The number of benzene rings is 4. The minimum absolute atomic E-state index is 0.0684. The monoisotopic (exact) mass is 582 g/mol. The Morgan fingerprint density at radius 1 is 0.674 bits per heavy atom. The molecule has 0 fully saturated rings. The molecule has 4 aromatic carbocycles. The van der Waals surface area contributed by atoms with Crippen LogP contribution in [0.1, 0.15) is 28.3 Å². The van der Waals surface area contributed by atoms with Gasteiger partial charge in [0.15, 0.2) is 11.5 Å². The number of carbonyl (C=O) groups excluding carboxylic acids is 2. The van der Waals surface area contributed by atoms with E-state index in [0.717, 1.165) is 28.0 Å². The summed E-state index contributed by atoms with van der Waals surface area (Å²) in [7, 11) is 6.36. The summed E-state index contributed by atoms with van der Waals surface area (Å²) < 4.78 is 21.4. The predicted molar refractivity (Wildman–Crippen MR) is 166 cm³/mol. The normalized spacial score (nSPS) is 11.3. The third-order valence-corrected chi connectivity index (χ3v) is 7.18. The number of hydrogen-bond donors (Lipinski definition) is 1. The first-order chi connectivity index (χ1) is 20.9. The maximum absolute atomic E-state index is 14.1. The minimum Gasteiger partial charge on any atom is -0.497 e. The predicted octanol–water partition coefficient (Wildman–Crippen LogP) is 5.39. The third-order valence-electron chi connectivity index (χ3n) is 7.18. The van der Waals surface area contributed by atoms with Crippen LogP contribution in [0.25, 0.3) is 0 Å². The summed E-state index contributed by atoms with van der Waals surface area (Å²) in [6.45, 7) is 0.635. The van der Waals surface area contributed by atoms with Crippen molar-refractivity contribution in [3.05, 3.63) is 119 Å². The number of hydrogen-bond acceptors (Lipinski definition) is 6. The quantitative estimate of drug-likeness (QED) is 0.215. The highest BCUT2D eigenvalue weighted by molar-refractivity contribution is 5.89. The van der Waals surface area contributed by atoms with E-state index in [9.17, 15) is 9.59 Å². The van der Waals surface area contributed by atoms with Gasteiger partial charge in [0.1, 0.15) is 17.5 Å². The number of carbonyl (C=O) groups is 2. The van der Waals surface area contributed by atoms with Gasteiger partial charge in [-0.25, -0.2) is 0 Å². The van der Waals surface area contributed by atoms with Crippen molar-refractivity contribution in [3.8, 4) is 23.0 Å². The van der Waals surface area contributed by atoms with Gasteiger partial charge in [0, 0.05) is 13.1 Å². The van der Waals surface area contributed by atoms with Crippen molar-refractivity contribution in [2.45, 2.75) is 25.4 Å². The van der Waals surface area contributed by atoms with Gasteiger partial charge < -0.3 is 29.2 Å². The van der Waals surface area contributed by atoms with Gasteiger partial charge >= 0.3 is 0 Å². The Morgan fingerprint density at radius 3 is 1.84 bits per heavy atom. The first-order valence-electron chi connectivity index (χ1n) is 14.0. The summed E-state index contributed by atoms with van der Waals surface area (Å²) in [6, 6.07) is 29.2. The molecule has 1 atom stereocenters. The van der Waals surface area contributed by atoms with Crippen molar-refractivity contribution in [2.24, 2.45) is 0 Å². The fourth-order valence-corrected chi connectivity index (χ4v) is 4.84. The zero-order chi connectivity index (χ0) is 30.6. The van der Waals surface area contributed by atoms with Crippen LogP contribution in [0.2, 0.25) is 0 Å². The van der Waals surface area contributed by atoms with E-state index in [0.29, 0.717) is 30.2 Å². The lowest BCUT2D eigenvalue weighted by Crippen LogP contribution is -2.44. The molecule has 2 amide bonds. The highest BCUT2D eigenvalue weighted by Gasteiger charge is 2.31. The second-order valence-electron chi connectivity index (χ2n) is 9.94. The minimum atomic E-state index is -0.855. The number of nitrogens with one attached hydrogen (secondary N) is 1. The van der Waals surface area contributed by atoms with Crippen LogP contribution in [0, 0.1) is 0 Å². The van der Waals surface area contributed by atoms with Crippen molar-refractivity contribution in [2.75, 3.05) is 35.0 Å². The van der Waals surface area contributed by atoms with Gasteiger partial charge in [-0.2, -0.15) is 0 Å². The van der Waals surface area contributed by atoms with Gasteiger partial charge in [0.2, 0.25) is 11.8 Å². The average Bonchev–Trinajstić information content (AvgIpc) is 3.05. The van der Waals surface area contributed by atoms with Crippen LogP contribution < -0.4 is 24.3 Å². The van der Waals surface area contributed by atoms with Gasteiger partial charge in [0.25, 0.3) is 0 Å². The molecule has 0 bridgehead atoms. The number of amides is 2. The maximum atomic E-state index is 14.1. The van der Waals surface area contributed by atoms with Gasteiger partial charge in [-0.1, -0.05) is 60.7 Å². The number of rotatable bonds is 14. The lowest BCUT2D eigenvalue weighted by molar-refractivity contribution is -0.141. The molecule has 224 valence electrons. The lowest BCUT2D eigenvalue weighted by atomic mass is 10.0. The van der Waals surface area contributed by atoms with Gasteiger partial charge in [0.05, 0.1) is 34.9 Å². The summed E-state index contributed by atoms with van der Waals surface area (Å²) in [6.07, 6.45) is 0.703. The van der Waals surface area contributed by atoms with Crippen molar-refractivity contribution < 1.29 is 28.5 Å². The summed E-state index contributed by atoms with van der Waals surface area (Å²) in [5.41, 5.74) is 3.40. The number of methoxy groups -OCH3 is 4. The molecule has 0 aliphatic heterocycles. The zero-order valence-corrected chi connectivity index (χ0v) is 25.0. The summed E-state index contributed by atoms with van der Waals surface area (Å²) in [4.78, 5) is 29.7. The van der Waals surface area contributed by atoms with E-state index in [2.05, 4.69) is 5.32 Å². The van der Waals surface area contributed by atoms with Gasteiger partial charge in [-0.15, -0.1) is 0 Å². The number of nitrogens with zero attached hydrogens (tertiary/aromatic N) is 1. The van der Waals surface area contributed by atoms with Crippen LogP contribution in [0.15, 0.2) is 97.1 Å². The third kappa shape index (κ3) is 8.29. The average molecular weight is 583 g/mol. The van der Waals surface area contributed by atoms with Crippen LogP contribution >= 0.6 is 0 Å². The standard InChI is InChI=1S/C35H38N2O6/c1-40-29-15-10-25(11-16-29)20-21-36-35(39)34(28-8-6-5-7-9-28)37(24-26-12-17-30(41-2)18-13-26)33(38)23-27-14-19-31(42-3)32(22-27)43-4/h5-19,22,34H,20-21,23-24H2,1-4H3,(H,36,39). The van der Waals surface area contributed by atoms with Crippen LogP contribution in [-0.2, 0) is 29.0 Å². The Balaban J connectivity index is 1.63. The highest BCUT2D eigenvalue weighted by Crippen LogP contribution is 2.30. The SMILES string of the molecule is COc1ccc(CCNC(=O)C(c2ccccc2)N(Cc2ccc(OC)cc2)C(=O)Cc2ccc(OC)c(OC)c2)cc1. The lowest BCUT2D eigenvalue weighted by Gasteiger charge is -2.32. The van der Waals surface area contributed by atoms with Crippen LogP contribution in [-0.4, -0.2) is 51.7 Å². The first kappa shape index (κ1) is 31.0. The van der Waals surface area contributed by atoms with Crippen LogP contribution in [0.4, 0.5) is 0 Å². The molecular weight excluding hydrogens is 544 g/mol. The summed E-state index contributed by atoms with van der Waals surface area (Å²) >= 11 is 0. The second kappa shape index (κ2) is 15.3. The molecule has 1 N–H and O–H groups in total. The molecule has 0 heterocycles. The second-order valence-corrected chi connectivity index (χ2v) is 9.94. The Kier molecular flexibility index (Phi) is 11.0. The Labute approximate surface area is 253 Å². The molecule has 8 heteroatoms. The van der Waals surface area contributed by atoms with Crippen molar-refractivity contribution in [3.63, 3.8) is 0 Å².